The molecule has 2 rings (SSSR count). The Labute approximate surface area is 262 Å². The van der Waals surface area contributed by atoms with Gasteiger partial charge in [0.25, 0.3) is 0 Å². The average molecular weight is 648 g/mol. The summed E-state index contributed by atoms with van der Waals surface area (Å²) in [4.78, 5) is 37.2. The fourth-order valence-corrected chi connectivity index (χ4v) is 5.31. The van der Waals surface area contributed by atoms with Crippen LogP contribution in [-0.4, -0.2) is 114 Å². The predicted octanol–water partition coefficient (Wildman–Crippen LogP) is 0.473. The second-order valence-corrected chi connectivity index (χ2v) is 12.0. The van der Waals surface area contributed by atoms with Crippen molar-refractivity contribution in [3.05, 3.63) is 6.20 Å². The molecule has 44 heavy (non-hydrogen) atoms. The van der Waals surface area contributed by atoms with Crippen molar-refractivity contribution in [1.82, 2.24) is 15.0 Å². The van der Waals surface area contributed by atoms with Gasteiger partial charge in [-0.05, 0) is 12.8 Å². The van der Waals surface area contributed by atoms with E-state index < -0.39 is 48.8 Å². The molecular formula is C28H49N5O10S. The molecule has 0 aromatic carbocycles. The van der Waals surface area contributed by atoms with Crippen molar-refractivity contribution in [2.45, 2.75) is 127 Å². The number of aliphatic hydroxyl groups is 4. The number of carbonyl (C=O) groups is 3. The van der Waals surface area contributed by atoms with Gasteiger partial charge in [0.2, 0.25) is 5.91 Å². The monoisotopic (exact) mass is 647 g/mol. The van der Waals surface area contributed by atoms with Gasteiger partial charge in [0.1, 0.15) is 37.1 Å². The summed E-state index contributed by atoms with van der Waals surface area (Å²) in [5.41, 5.74) is 6.05. The maximum atomic E-state index is 12.6. The van der Waals surface area contributed by atoms with E-state index in [0.717, 1.165) is 51.4 Å². The van der Waals surface area contributed by atoms with Crippen LogP contribution in [0.2, 0.25) is 0 Å². The van der Waals surface area contributed by atoms with E-state index in [0.29, 0.717) is 6.42 Å². The zero-order valence-electron chi connectivity index (χ0n) is 25.6. The number of ether oxygens (including phenoxy) is 3. The van der Waals surface area contributed by atoms with E-state index in [1.807, 2.05) is 0 Å². The molecule has 0 aliphatic carbocycles. The molecular weight excluding hydrogens is 598 g/mol. The van der Waals surface area contributed by atoms with Crippen LogP contribution in [0.4, 0.5) is 5.82 Å². The number of esters is 2. The molecule has 2 heterocycles. The maximum absolute atomic E-state index is 12.6. The fraction of sp³-hybridized carbons (Fsp3) is 0.821. The number of thioether (sulfide) groups is 1. The molecule has 0 spiro atoms. The molecule has 1 aromatic heterocycles. The van der Waals surface area contributed by atoms with Crippen molar-refractivity contribution >= 4 is 35.4 Å². The Balaban J connectivity index is 1.82. The lowest BCUT2D eigenvalue weighted by atomic mass is 9.99. The Kier molecular flexibility index (Phi) is 17.8. The number of amides is 1. The Hall–Kier alpha value is -2.34. The van der Waals surface area contributed by atoms with Crippen molar-refractivity contribution in [2.75, 3.05) is 23.4 Å². The molecule has 1 aromatic rings. The minimum Gasteiger partial charge on any atom is -0.462 e. The molecule has 7 N–H and O–H groups in total. The summed E-state index contributed by atoms with van der Waals surface area (Å²) in [6.07, 6.45) is 1.29. The first-order valence-corrected chi connectivity index (χ1v) is 16.5. The Morgan fingerprint density at radius 1 is 0.977 bits per heavy atom. The van der Waals surface area contributed by atoms with Crippen molar-refractivity contribution < 1.29 is 49.0 Å². The molecule has 0 radical (unpaired) electrons. The second-order valence-electron chi connectivity index (χ2n) is 10.9. The van der Waals surface area contributed by atoms with E-state index in [1.165, 1.54) is 22.6 Å². The molecule has 7 atom stereocenters. The SMILES string of the molecule is CCCCCCC(=O)OC[C@H](CSC[C@@H](N)C(=O)Nc1cn(CC2OC(O)C(O)C(O)C2O)nn1)OC(=O)CCCCCC. The Morgan fingerprint density at radius 3 is 2.30 bits per heavy atom. The number of nitrogens with zero attached hydrogens (tertiary/aromatic N) is 3. The highest BCUT2D eigenvalue weighted by Gasteiger charge is 2.43. The van der Waals surface area contributed by atoms with Crippen molar-refractivity contribution in [1.29, 1.82) is 0 Å². The number of aromatic nitrogens is 3. The Bertz CT molecular complexity index is 1000. The van der Waals surface area contributed by atoms with Crippen molar-refractivity contribution in [2.24, 2.45) is 5.73 Å². The molecule has 1 fully saturated rings. The minimum absolute atomic E-state index is 0.0719. The smallest absolute Gasteiger partial charge is 0.306 e. The van der Waals surface area contributed by atoms with Crippen LogP contribution >= 0.6 is 11.8 Å². The molecule has 1 aliphatic heterocycles. The third-order valence-electron chi connectivity index (χ3n) is 6.98. The molecule has 1 amide bonds. The summed E-state index contributed by atoms with van der Waals surface area (Å²) in [5, 5.41) is 49.5. The molecule has 5 unspecified atom stereocenters. The van der Waals surface area contributed by atoms with E-state index >= 15 is 0 Å². The third-order valence-corrected chi connectivity index (χ3v) is 8.18. The summed E-state index contributed by atoms with van der Waals surface area (Å²) in [6.45, 7) is 3.97. The highest BCUT2D eigenvalue weighted by Crippen LogP contribution is 2.21. The highest BCUT2D eigenvalue weighted by atomic mass is 32.2. The van der Waals surface area contributed by atoms with Gasteiger partial charge in [-0.1, -0.05) is 57.6 Å². The highest BCUT2D eigenvalue weighted by molar-refractivity contribution is 7.99. The lowest BCUT2D eigenvalue weighted by molar-refractivity contribution is -0.284. The summed E-state index contributed by atoms with van der Waals surface area (Å²) < 4.78 is 17.3. The van der Waals surface area contributed by atoms with E-state index in [9.17, 15) is 34.8 Å². The van der Waals surface area contributed by atoms with Gasteiger partial charge in [0.15, 0.2) is 12.1 Å². The van der Waals surface area contributed by atoms with Crippen LogP contribution in [0, 0.1) is 0 Å². The predicted molar refractivity (Wildman–Crippen MR) is 161 cm³/mol. The number of hydrogen-bond acceptors (Lipinski definition) is 14. The van der Waals surface area contributed by atoms with Gasteiger partial charge < -0.3 is 45.7 Å². The van der Waals surface area contributed by atoms with Gasteiger partial charge in [-0.2, -0.15) is 11.8 Å². The number of nitrogens with two attached hydrogens (primary N) is 1. The maximum Gasteiger partial charge on any atom is 0.306 e. The molecule has 252 valence electrons. The first kappa shape index (κ1) is 37.8. The number of anilines is 1. The van der Waals surface area contributed by atoms with Gasteiger partial charge >= 0.3 is 11.9 Å². The third kappa shape index (κ3) is 13.7. The van der Waals surface area contributed by atoms with E-state index in [2.05, 4.69) is 29.5 Å². The van der Waals surface area contributed by atoms with E-state index in [4.69, 9.17) is 19.9 Å². The second kappa shape index (κ2) is 20.6. The summed E-state index contributed by atoms with van der Waals surface area (Å²) in [5.74, 6) is -0.721. The van der Waals surface area contributed by atoms with Crippen LogP contribution in [0.25, 0.3) is 0 Å². The lowest BCUT2D eigenvalue weighted by Gasteiger charge is -2.38. The van der Waals surface area contributed by atoms with Crippen LogP contribution in [0.1, 0.15) is 78.1 Å². The molecule has 15 nitrogen and oxygen atoms in total. The van der Waals surface area contributed by atoms with Crippen LogP contribution in [0.5, 0.6) is 0 Å². The van der Waals surface area contributed by atoms with Crippen LogP contribution in [0.15, 0.2) is 6.20 Å². The first-order chi connectivity index (χ1) is 21.0. The van der Waals surface area contributed by atoms with Gasteiger partial charge in [0, 0.05) is 24.3 Å². The van der Waals surface area contributed by atoms with Crippen LogP contribution < -0.4 is 11.1 Å². The standard InChI is InChI=1S/C28H49N5O10S/c1-3-5-7-9-11-22(34)41-15-18(42-23(35)12-10-8-6-4-2)16-44-17-19(29)27(39)30-21-14-33(32-31-21)13-20-24(36)25(37)26(38)28(40)43-20/h14,18-20,24-26,28,36-38,40H,3-13,15-17,29H2,1-2H3,(H,30,39)/t18-,19-,20?,24?,25?,26?,28?/m1/s1. The van der Waals surface area contributed by atoms with Gasteiger partial charge in [-0.15, -0.1) is 5.10 Å². The Morgan fingerprint density at radius 2 is 1.64 bits per heavy atom. The zero-order valence-corrected chi connectivity index (χ0v) is 26.4. The quantitative estimate of drug-likeness (QED) is 0.0788. The summed E-state index contributed by atoms with van der Waals surface area (Å²) >= 11 is 1.28. The largest absolute Gasteiger partial charge is 0.462 e. The topological polar surface area (TPSA) is 229 Å². The average Bonchev–Trinajstić information content (AvgIpc) is 3.44. The normalized spacial score (nSPS) is 23.1. The van der Waals surface area contributed by atoms with Gasteiger partial charge in [-0.3, -0.25) is 14.4 Å². The van der Waals surface area contributed by atoms with Crippen LogP contribution in [0.3, 0.4) is 0 Å². The molecule has 16 heteroatoms. The zero-order chi connectivity index (χ0) is 32.5. The van der Waals surface area contributed by atoms with Gasteiger partial charge in [-0.25, -0.2) is 4.68 Å². The number of rotatable bonds is 21. The number of carbonyl (C=O) groups excluding carboxylic acids is 3. The van der Waals surface area contributed by atoms with E-state index in [-0.39, 0.29) is 48.8 Å². The molecule has 0 saturated carbocycles. The van der Waals surface area contributed by atoms with Crippen molar-refractivity contribution in [3.8, 4) is 0 Å². The van der Waals surface area contributed by atoms with Crippen LogP contribution in [-0.2, 0) is 35.1 Å². The summed E-state index contributed by atoms with van der Waals surface area (Å²) in [6, 6.07) is -0.952. The van der Waals surface area contributed by atoms with Crippen molar-refractivity contribution in [3.63, 3.8) is 0 Å². The molecule has 1 saturated heterocycles. The lowest BCUT2D eigenvalue weighted by Crippen LogP contribution is -2.58. The fourth-order valence-electron chi connectivity index (χ4n) is 4.34. The van der Waals surface area contributed by atoms with Gasteiger partial charge in [0.05, 0.1) is 18.8 Å². The van der Waals surface area contributed by atoms with E-state index in [1.54, 1.807) is 0 Å². The number of aliphatic hydroxyl groups excluding tert-OH is 4. The number of hydrogen-bond donors (Lipinski definition) is 6. The molecule has 0 bridgehead atoms. The number of nitrogens with one attached hydrogen (secondary N) is 1. The number of unbranched alkanes of at least 4 members (excludes halogenated alkanes) is 6. The molecule has 1 aliphatic rings. The summed E-state index contributed by atoms with van der Waals surface area (Å²) in [7, 11) is 0. The minimum atomic E-state index is -1.69. The first-order valence-electron chi connectivity index (χ1n) is 15.3.